The summed E-state index contributed by atoms with van der Waals surface area (Å²) >= 11 is 1.63. The molecule has 0 saturated carbocycles. The van der Waals surface area contributed by atoms with E-state index in [1.807, 2.05) is 6.26 Å². The molecule has 0 fully saturated rings. The molecular formula is C15H29NOS. The Kier molecular flexibility index (Phi) is 11.4. The molecule has 1 atom stereocenters. The second kappa shape index (κ2) is 11.6. The lowest BCUT2D eigenvalue weighted by Gasteiger charge is -2.14. The molecule has 0 aliphatic heterocycles. The van der Waals surface area contributed by atoms with Gasteiger partial charge in [-0.15, -0.1) is 0 Å². The van der Waals surface area contributed by atoms with Gasteiger partial charge >= 0.3 is 0 Å². The molecule has 0 aliphatic carbocycles. The number of nitrogens with one attached hydrogen (secondary N) is 1. The minimum atomic E-state index is 0.0613. The highest BCUT2D eigenvalue weighted by Crippen LogP contribution is 2.12. The van der Waals surface area contributed by atoms with Gasteiger partial charge in [0.15, 0.2) is 0 Å². The van der Waals surface area contributed by atoms with Crippen LogP contribution >= 0.6 is 11.8 Å². The van der Waals surface area contributed by atoms with E-state index in [0.717, 1.165) is 19.4 Å². The summed E-state index contributed by atoms with van der Waals surface area (Å²) in [4.78, 5) is 11.9. The number of hydrogen-bond donors (Lipinski definition) is 1. The molecule has 1 amide bonds. The molecule has 106 valence electrons. The number of hydrogen-bond acceptors (Lipinski definition) is 2. The summed E-state index contributed by atoms with van der Waals surface area (Å²) in [5, 5.41) is 3.06. The molecule has 3 heteroatoms. The van der Waals surface area contributed by atoms with Gasteiger partial charge in [-0.3, -0.25) is 4.79 Å². The fourth-order valence-electron chi connectivity index (χ4n) is 1.58. The van der Waals surface area contributed by atoms with E-state index in [9.17, 15) is 4.79 Å². The third-order valence-electron chi connectivity index (χ3n) is 2.75. The van der Waals surface area contributed by atoms with E-state index in [1.165, 1.54) is 19.3 Å². The number of thioether (sulfide) groups is 1. The average Bonchev–Trinajstić information content (AvgIpc) is 2.35. The van der Waals surface area contributed by atoms with Crippen LogP contribution in [0.1, 0.15) is 52.9 Å². The zero-order valence-electron chi connectivity index (χ0n) is 12.4. The molecule has 2 nitrogen and oxygen atoms in total. The summed E-state index contributed by atoms with van der Waals surface area (Å²) in [6, 6.07) is 0. The standard InChI is InChI=1S/C15H29NOS/c1-5-6-7-8-9-10-11-14(18-4)15(17)16-12-13(2)3/h9-10,13-14H,5-8,11-12H2,1-4H3,(H,16,17)/b10-9+. The van der Waals surface area contributed by atoms with Crippen molar-refractivity contribution < 1.29 is 4.79 Å². The van der Waals surface area contributed by atoms with Gasteiger partial charge in [-0.25, -0.2) is 0 Å². The Hall–Kier alpha value is -0.440. The fraction of sp³-hybridized carbons (Fsp3) is 0.800. The molecule has 0 aromatic heterocycles. The predicted octanol–water partition coefficient (Wildman–Crippen LogP) is 4.02. The van der Waals surface area contributed by atoms with E-state index in [0.29, 0.717) is 5.92 Å². The Morgan fingerprint density at radius 1 is 1.28 bits per heavy atom. The Morgan fingerprint density at radius 3 is 2.56 bits per heavy atom. The van der Waals surface area contributed by atoms with Crippen LogP contribution in [0.25, 0.3) is 0 Å². The molecular weight excluding hydrogens is 242 g/mol. The third-order valence-corrected chi connectivity index (χ3v) is 3.73. The van der Waals surface area contributed by atoms with Crippen LogP contribution in [0.4, 0.5) is 0 Å². The van der Waals surface area contributed by atoms with Gasteiger partial charge in [0.1, 0.15) is 0 Å². The van der Waals surface area contributed by atoms with Gasteiger partial charge in [0, 0.05) is 6.54 Å². The SMILES string of the molecule is CCCCC/C=C/CC(SC)C(=O)NCC(C)C. The van der Waals surface area contributed by atoms with E-state index in [2.05, 4.69) is 38.2 Å². The molecule has 0 radical (unpaired) electrons. The molecule has 1 unspecified atom stereocenters. The summed E-state index contributed by atoms with van der Waals surface area (Å²) in [6.07, 6.45) is 12.2. The van der Waals surface area contributed by atoms with Gasteiger partial charge in [-0.05, 0) is 31.4 Å². The largest absolute Gasteiger partial charge is 0.355 e. The zero-order chi connectivity index (χ0) is 13.8. The highest BCUT2D eigenvalue weighted by atomic mass is 32.2. The van der Waals surface area contributed by atoms with Crippen molar-refractivity contribution in [3.8, 4) is 0 Å². The topological polar surface area (TPSA) is 29.1 Å². The van der Waals surface area contributed by atoms with Crippen molar-refractivity contribution in [3.05, 3.63) is 12.2 Å². The molecule has 0 spiro atoms. The van der Waals surface area contributed by atoms with Crippen LogP contribution in [0.2, 0.25) is 0 Å². The maximum atomic E-state index is 11.9. The monoisotopic (exact) mass is 271 g/mol. The molecule has 0 heterocycles. The molecule has 0 aliphatic rings. The van der Waals surface area contributed by atoms with Crippen molar-refractivity contribution in [3.63, 3.8) is 0 Å². The van der Waals surface area contributed by atoms with Crippen LogP contribution in [0.3, 0.4) is 0 Å². The average molecular weight is 271 g/mol. The normalized spacial score (nSPS) is 13.2. The van der Waals surface area contributed by atoms with Gasteiger partial charge in [0.05, 0.1) is 5.25 Å². The van der Waals surface area contributed by atoms with E-state index < -0.39 is 0 Å². The Balaban J connectivity index is 3.84. The molecule has 0 rings (SSSR count). The number of rotatable bonds is 10. The number of unbranched alkanes of at least 4 members (excludes halogenated alkanes) is 3. The Labute approximate surface area is 117 Å². The summed E-state index contributed by atoms with van der Waals surface area (Å²) < 4.78 is 0. The highest BCUT2D eigenvalue weighted by molar-refractivity contribution is 7.99. The quantitative estimate of drug-likeness (QED) is 0.480. The molecule has 1 N–H and O–H groups in total. The first-order chi connectivity index (χ1) is 8.61. The van der Waals surface area contributed by atoms with Crippen LogP contribution in [0.15, 0.2) is 12.2 Å². The van der Waals surface area contributed by atoms with Gasteiger partial charge in [0.2, 0.25) is 5.91 Å². The van der Waals surface area contributed by atoms with Gasteiger partial charge in [-0.2, -0.15) is 11.8 Å². The smallest absolute Gasteiger partial charge is 0.233 e. The first kappa shape index (κ1) is 17.6. The van der Waals surface area contributed by atoms with Crippen molar-refractivity contribution in [2.45, 2.75) is 58.1 Å². The number of amides is 1. The lowest BCUT2D eigenvalue weighted by molar-refractivity contribution is -0.120. The summed E-state index contributed by atoms with van der Waals surface area (Å²) in [7, 11) is 0. The summed E-state index contributed by atoms with van der Waals surface area (Å²) in [5.41, 5.74) is 0. The summed E-state index contributed by atoms with van der Waals surface area (Å²) in [5.74, 6) is 0.690. The van der Waals surface area contributed by atoms with Gasteiger partial charge < -0.3 is 5.32 Å². The first-order valence-corrected chi connectivity index (χ1v) is 8.36. The minimum Gasteiger partial charge on any atom is -0.355 e. The molecule has 0 bridgehead atoms. The number of carbonyl (C=O) groups excluding carboxylic acids is 1. The number of carbonyl (C=O) groups is 1. The van der Waals surface area contributed by atoms with Crippen molar-refractivity contribution in [1.82, 2.24) is 5.32 Å². The van der Waals surface area contributed by atoms with E-state index in [1.54, 1.807) is 11.8 Å². The van der Waals surface area contributed by atoms with Gasteiger partial charge in [0.25, 0.3) is 0 Å². The Morgan fingerprint density at radius 2 is 2.00 bits per heavy atom. The lowest BCUT2D eigenvalue weighted by Crippen LogP contribution is -2.34. The van der Waals surface area contributed by atoms with Crippen LogP contribution in [0.5, 0.6) is 0 Å². The van der Waals surface area contributed by atoms with Crippen molar-refractivity contribution in [1.29, 1.82) is 0 Å². The van der Waals surface area contributed by atoms with Crippen LogP contribution in [0, 0.1) is 5.92 Å². The predicted molar refractivity (Wildman–Crippen MR) is 83.0 cm³/mol. The second-order valence-electron chi connectivity index (χ2n) is 5.07. The van der Waals surface area contributed by atoms with Crippen molar-refractivity contribution in [2.24, 2.45) is 5.92 Å². The van der Waals surface area contributed by atoms with Crippen LogP contribution < -0.4 is 5.32 Å². The Bertz CT molecular complexity index is 239. The molecule has 0 aromatic rings. The highest BCUT2D eigenvalue weighted by Gasteiger charge is 2.15. The van der Waals surface area contributed by atoms with E-state index >= 15 is 0 Å². The first-order valence-electron chi connectivity index (χ1n) is 7.07. The maximum Gasteiger partial charge on any atom is 0.233 e. The van der Waals surface area contributed by atoms with Crippen molar-refractivity contribution >= 4 is 17.7 Å². The molecule has 0 saturated heterocycles. The molecule has 0 aromatic carbocycles. The lowest BCUT2D eigenvalue weighted by atomic mass is 10.1. The van der Waals surface area contributed by atoms with Crippen molar-refractivity contribution in [2.75, 3.05) is 12.8 Å². The minimum absolute atomic E-state index is 0.0613. The second-order valence-corrected chi connectivity index (χ2v) is 6.11. The van der Waals surface area contributed by atoms with Gasteiger partial charge in [-0.1, -0.05) is 45.8 Å². The summed E-state index contributed by atoms with van der Waals surface area (Å²) in [6.45, 7) is 7.21. The molecule has 18 heavy (non-hydrogen) atoms. The van der Waals surface area contributed by atoms with Crippen LogP contribution in [-0.4, -0.2) is 24.0 Å². The van der Waals surface area contributed by atoms with E-state index in [-0.39, 0.29) is 11.2 Å². The maximum absolute atomic E-state index is 11.9. The van der Waals surface area contributed by atoms with E-state index in [4.69, 9.17) is 0 Å². The number of allylic oxidation sites excluding steroid dienone is 2. The third kappa shape index (κ3) is 9.58. The van der Waals surface area contributed by atoms with Crippen LogP contribution in [-0.2, 0) is 4.79 Å². The fourth-order valence-corrected chi connectivity index (χ4v) is 2.18. The zero-order valence-corrected chi connectivity index (χ0v) is 13.2.